The topological polar surface area (TPSA) is 41.6 Å². The van der Waals surface area contributed by atoms with Gasteiger partial charge in [0.1, 0.15) is 0 Å². The van der Waals surface area contributed by atoms with Crippen molar-refractivity contribution >= 4 is 29.9 Å². The fourth-order valence-corrected chi connectivity index (χ4v) is 2.59. The zero-order valence-electron chi connectivity index (χ0n) is 12.0. The van der Waals surface area contributed by atoms with Gasteiger partial charge in [0.25, 0.3) is 0 Å². The Labute approximate surface area is 130 Å². The van der Waals surface area contributed by atoms with E-state index in [2.05, 4.69) is 23.7 Å². The molecule has 1 rings (SSSR count). The van der Waals surface area contributed by atoms with E-state index in [-0.39, 0.29) is 24.0 Å². The van der Waals surface area contributed by atoms with Crippen LogP contribution in [0.5, 0.6) is 0 Å². The first-order valence-electron chi connectivity index (χ1n) is 7.32. The molecule has 1 saturated carbocycles. The highest BCUT2D eigenvalue weighted by Gasteiger charge is 2.11. The summed E-state index contributed by atoms with van der Waals surface area (Å²) in [6.45, 7) is 7.10. The molecule has 0 aromatic rings. The summed E-state index contributed by atoms with van der Waals surface area (Å²) in [7, 11) is 0. The number of nitrogens with zero attached hydrogens (tertiary/aromatic N) is 2. The van der Waals surface area contributed by atoms with Gasteiger partial charge in [-0.1, -0.05) is 32.1 Å². The summed E-state index contributed by atoms with van der Waals surface area (Å²) in [6.07, 6.45) is 9.69. The molecule has 0 atom stereocenters. The highest BCUT2D eigenvalue weighted by Crippen LogP contribution is 2.22. The van der Waals surface area contributed by atoms with E-state index in [9.17, 15) is 0 Å². The summed E-state index contributed by atoms with van der Waals surface area (Å²) in [5.74, 6) is 1.50. The van der Waals surface area contributed by atoms with E-state index in [4.69, 9.17) is 5.73 Å². The van der Waals surface area contributed by atoms with Crippen LogP contribution in [0, 0.1) is 5.92 Å². The third-order valence-electron chi connectivity index (χ3n) is 3.82. The minimum atomic E-state index is 0. The Balaban J connectivity index is 0.00000289. The van der Waals surface area contributed by atoms with Crippen molar-refractivity contribution in [3.05, 3.63) is 0 Å². The molecule has 0 amide bonds. The zero-order valence-corrected chi connectivity index (χ0v) is 14.4. The smallest absolute Gasteiger partial charge is 0.191 e. The minimum absolute atomic E-state index is 0. The molecule has 18 heavy (non-hydrogen) atoms. The largest absolute Gasteiger partial charge is 0.370 e. The Morgan fingerprint density at radius 3 is 2.06 bits per heavy atom. The summed E-state index contributed by atoms with van der Waals surface area (Å²) in [5, 5.41) is 0. The number of rotatable bonds is 4. The van der Waals surface area contributed by atoms with Crippen molar-refractivity contribution < 1.29 is 0 Å². The molecule has 3 nitrogen and oxygen atoms in total. The lowest BCUT2D eigenvalue weighted by Gasteiger charge is -2.21. The van der Waals surface area contributed by atoms with Gasteiger partial charge in [0, 0.05) is 19.6 Å². The van der Waals surface area contributed by atoms with Gasteiger partial charge in [-0.3, -0.25) is 4.99 Å². The van der Waals surface area contributed by atoms with E-state index >= 15 is 0 Å². The number of nitrogens with two attached hydrogens (primary N) is 1. The molecule has 108 valence electrons. The maximum absolute atomic E-state index is 6.00. The Kier molecular flexibility index (Phi) is 10.9. The standard InChI is InChI=1S/C14H29N3.HI/c1-3-17(4-2)14(15)16-12-13-10-8-6-5-7-9-11-13;/h13H,3-12H2,1-2H3,(H2,15,16);1H. The van der Waals surface area contributed by atoms with E-state index in [1.165, 1.54) is 44.9 Å². The number of hydrogen-bond donors (Lipinski definition) is 1. The summed E-state index contributed by atoms with van der Waals surface area (Å²) in [5.41, 5.74) is 6.00. The highest BCUT2D eigenvalue weighted by molar-refractivity contribution is 14.0. The molecule has 0 spiro atoms. The molecule has 0 aromatic heterocycles. The molecule has 0 heterocycles. The molecule has 0 aliphatic heterocycles. The molecule has 1 aliphatic rings. The van der Waals surface area contributed by atoms with Gasteiger partial charge in [0.2, 0.25) is 0 Å². The summed E-state index contributed by atoms with van der Waals surface area (Å²) in [6, 6.07) is 0. The number of aliphatic imine (C=N–C) groups is 1. The maximum Gasteiger partial charge on any atom is 0.191 e. The lowest BCUT2D eigenvalue weighted by molar-refractivity contribution is 0.382. The summed E-state index contributed by atoms with van der Waals surface area (Å²) in [4.78, 5) is 6.71. The fourth-order valence-electron chi connectivity index (χ4n) is 2.59. The second-order valence-corrected chi connectivity index (χ2v) is 5.08. The van der Waals surface area contributed by atoms with Crippen molar-refractivity contribution in [3.63, 3.8) is 0 Å². The molecular formula is C14H30IN3. The fraction of sp³-hybridized carbons (Fsp3) is 0.929. The Hall–Kier alpha value is 0. The van der Waals surface area contributed by atoms with Crippen LogP contribution in [-0.4, -0.2) is 30.5 Å². The second kappa shape index (κ2) is 10.9. The molecule has 0 unspecified atom stereocenters. The van der Waals surface area contributed by atoms with Gasteiger partial charge in [0.15, 0.2) is 5.96 Å². The lowest BCUT2D eigenvalue weighted by Crippen LogP contribution is -2.37. The number of halogens is 1. The van der Waals surface area contributed by atoms with Crippen LogP contribution in [0.3, 0.4) is 0 Å². The third kappa shape index (κ3) is 6.81. The predicted molar refractivity (Wildman–Crippen MR) is 90.6 cm³/mol. The predicted octanol–water partition coefficient (Wildman–Crippen LogP) is 3.62. The lowest BCUT2D eigenvalue weighted by atomic mass is 9.91. The van der Waals surface area contributed by atoms with Gasteiger partial charge >= 0.3 is 0 Å². The normalized spacial score (nSPS) is 18.7. The minimum Gasteiger partial charge on any atom is -0.370 e. The molecule has 1 fully saturated rings. The Morgan fingerprint density at radius 1 is 1.06 bits per heavy atom. The SMILES string of the molecule is CCN(CC)C(N)=NCC1CCCCCCC1.I. The molecule has 0 aromatic carbocycles. The van der Waals surface area contributed by atoms with Gasteiger partial charge in [0.05, 0.1) is 0 Å². The van der Waals surface area contributed by atoms with Crippen LogP contribution in [0.15, 0.2) is 4.99 Å². The first-order valence-corrected chi connectivity index (χ1v) is 7.32. The molecule has 2 N–H and O–H groups in total. The van der Waals surface area contributed by atoms with Crippen molar-refractivity contribution in [2.45, 2.75) is 58.8 Å². The zero-order chi connectivity index (χ0) is 12.5. The van der Waals surface area contributed by atoms with Crippen LogP contribution in [0.2, 0.25) is 0 Å². The van der Waals surface area contributed by atoms with Crippen LogP contribution < -0.4 is 5.73 Å². The molecule has 0 saturated heterocycles. The average molecular weight is 367 g/mol. The van der Waals surface area contributed by atoms with E-state index in [1.807, 2.05) is 0 Å². The van der Waals surface area contributed by atoms with E-state index < -0.39 is 0 Å². The summed E-state index contributed by atoms with van der Waals surface area (Å²) < 4.78 is 0. The molecule has 0 bridgehead atoms. The second-order valence-electron chi connectivity index (χ2n) is 5.08. The van der Waals surface area contributed by atoms with E-state index in [1.54, 1.807) is 0 Å². The van der Waals surface area contributed by atoms with Crippen molar-refractivity contribution in [1.29, 1.82) is 0 Å². The Bertz CT molecular complexity index is 219. The molecule has 1 aliphatic carbocycles. The van der Waals surface area contributed by atoms with Gasteiger partial charge in [-0.25, -0.2) is 0 Å². The van der Waals surface area contributed by atoms with Crippen LogP contribution in [-0.2, 0) is 0 Å². The van der Waals surface area contributed by atoms with E-state index in [0.29, 0.717) is 0 Å². The molecule has 4 heteroatoms. The first kappa shape index (κ1) is 18.0. The maximum atomic E-state index is 6.00. The molecular weight excluding hydrogens is 337 g/mol. The third-order valence-corrected chi connectivity index (χ3v) is 3.82. The quantitative estimate of drug-likeness (QED) is 0.469. The van der Waals surface area contributed by atoms with Crippen LogP contribution in [0.4, 0.5) is 0 Å². The average Bonchev–Trinajstić information content (AvgIpc) is 2.29. The van der Waals surface area contributed by atoms with E-state index in [0.717, 1.165) is 31.5 Å². The van der Waals surface area contributed by atoms with Gasteiger partial charge < -0.3 is 10.6 Å². The monoisotopic (exact) mass is 367 g/mol. The van der Waals surface area contributed by atoms with Gasteiger partial charge in [-0.15, -0.1) is 24.0 Å². The number of guanidine groups is 1. The van der Waals surface area contributed by atoms with Crippen LogP contribution in [0.25, 0.3) is 0 Å². The Morgan fingerprint density at radius 2 is 1.56 bits per heavy atom. The highest BCUT2D eigenvalue weighted by atomic mass is 127. The first-order chi connectivity index (χ1) is 8.27. The van der Waals surface area contributed by atoms with Crippen LogP contribution >= 0.6 is 24.0 Å². The van der Waals surface area contributed by atoms with Crippen molar-refractivity contribution in [3.8, 4) is 0 Å². The van der Waals surface area contributed by atoms with Crippen molar-refractivity contribution in [2.75, 3.05) is 19.6 Å². The summed E-state index contributed by atoms with van der Waals surface area (Å²) >= 11 is 0. The number of hydrogen-bond acceptors (Lipinski definition) is 1. The van der Waals surface area contributed by atoms with Gasteiger partial charge in [-0.05, 0) is 32.6 Å². The van der Waals surface area contributed by atoms with Crippen molar-refractivity contribution in [2.24, 2.45) is 16.6 Å². The van der Waals surface area contributed by atoms with Crippen LogP contribution in [0.1, 0.15) is 58.8 Å². The van der Waals surface area contributed by atoms with Crippen molar-refractivity contribution in [1.82, 2.24) is 4.90 Å². The molecule has 0 radical (unpaired) electrons. The van der Waals surface area contributed by atoms with Gasteiger partial charge in [-0.2, -0.15) is 0 Å².